The fourth-order valence-corrected chi connectivity index (χ4v) is 9.34. The second-order valence-corrected chi connectivity index (χ2v) is 16.9. The molecule has 48 heavy (non-hydrogen) atoms. The number of carboxylic acids is 1. The maximum atomic E-state index is 14.9. The predicted octanol–water partition coefficient (Wildman–Crippen LogP) is 7.22. The molecule has 258 valence electrons. The lowest BCUT2D eigenvalue weighted by molar-refractivity contribution is -0.00779. The van der Waals surface area contributed by atoms with Crippen molar-refractivity contribution in [2.45, 2.75) is 69.4 Å². The van der Waals surface area contributed by atoms with Crippen molar-refractivity contribution in [2.75, 3.05) is 38.2 Å². The van der Waals surface area contributed by atoms with E-state index in [9.17, 15) is 27.5 Å². The van der Waals surface area contributed by atoms with Crippen molar-refractivity contribution in [3.8, 4) is 16.2 Å². The van der Waals surface area contributed by atoms with Gasteiger partial charge in [0, 0.05) is 60.8 Å². The first-order chi connectivity index (χ1) is 22.7. The largest absolute Gasteiger partial charge is 0.492 e. The molecule has 1 N–H and O–H groups in total. The summed E-state index contributed by atoms with van der Waals surface area (Å²) in [4.78, 5) is 27.7. The Bertz CT molecular complexity index is 1780. The highest BCUT2D eigenvalue weighted by Gasteiger charge is 2.42. The summed E-state index contributed by atoms with van der Waals surface area (Å²) in [6.45, 7) is 6.90. The standard InChI is InChI=1S/C35H42FN3O7S2/c1-35(2,3)46-34(42)38-18-22(19-38)21-45-29-17-27-31(15-25(29)30-16-26(36)32(47-30)33(40)41)48(43,44)37(4)28(23-11-7-5-8-12-23)20-39(27)24-13-9-6-10-14-24/h6,9-10,13-17,22-23,28H,5,7-8,11-12,18-21H2,1-4H3,(H,40,41)/t28-/m0/s1. The van der Waals surface area contributed by atoms with E-state index in [1.165, 1.54) is 10.4 Å². The molecule has 0 radical (unpaired) electrons. The molecule has 10 nitrogen and oxygen atoms in total. The summed E-state index contributed by atoms with van der Waals surface area (Å²) in [6, 6.07) is 13.6. The quantitative estimate of drug-likeness (QED) is 0.275. The number of rotatable bonds is 7. The minimum Gasteiger partial charge on any atom is -0.492 e. The molecule has 1 atom stereocenters. The summed E-state index contributed by atoms with van der Waals surface area (Å²) in [5.74, 6) is -1.84. The number of carbonyl (C=O) groups is 2. The lowest BCUT2D eigenvalue weighted by Gasteiger charge is -2.39. The Morgan fingerprint density at radius 3 is 2.33 bits per heavy atom. The first-order valence-corrected chi connectivity index (χ1v) is 18.6. The second kappa shape index (κ2) is 13.3. The molecule has 0 spiro atoms. The maximum Gasteiger partial charge on any atom is 0.410 e. The van der Waals surface area contributed by atoms with Crippen LogP contribution < -0.4 is 9.64 Å². The maximum absolute atomic E-state index is 14.9. The summed E-state index contributed by atoms with van der Waals surface area (Å²) in [6.07, 6.45) is 4.73. The van der Waals surface area contributed by atoms with Gasteiger partial charge in [-0.1, -0.05) is 37.5 Å². The summed E-state index contributed by atoms with van der Waals surface area (Å²) in [7, 11) is -2.41. The molecular formula is C35H42FN3O7S2. The van der Waals surface area contributed by atoms with E-state index in [-0.39, 0.29) is 39.8 Å². The molecule has 1 aliphatic carbocycles. The van der Waals surface area contributed by atoms with Crippen LogP contribution in [0.3, 0.4) is 0 Å². The van der Waals surface area contributed by atoms with Crippen LogP contribution in [0, 0.1) is 17.7 Å². The smallest absolute Gasteiger partial charge is 0.410 e. The van der Waals surface area contributed by atoms with Gasteiger partial charge in [-0.05, 0) is 63.8 Å². The number of thiophene rings is 1. The lowest BCUT2D eigenvalue weighted by atomic mass is 9.83. The van der Waals surface area contributed by atoms with Crippen molar-refractivity contribution in [2.24, 2.45) is 11.8 Å². The van der Waals surface area contributed by atoms with Gasteiger partial charge >= 0.3 is 12.1 Å². The van der Waals surface area contributed by atoms with Crippen molar-refractivity contribution in [1.29, 1.82) is 0 Å². The molecule has 3 heterocycles. The summed E-state index contributed by atoms with van der Waals surface area (Å²) in [5.41, 5.74) is 0.931. The van der Waals surface area contributed by atoms with Gasteiger partial charge in [-0.15, -0.1) is 11.3 Å². The van der Waals surface area contributed by atoms with E-state index in [0.29, 0.717) is 31.1 Å². The summed E-state index contributed by atoms with van der Waals surface area (Å²) in [5, 5.41) is 9.60. The van der Waals surface area contributed by atoms with Crippen LogP contribution in [-0.2, 0) is 14.8 Å². The average molecular weight is 700 g/mol. The number of ether oxygens (including phenoxy) is 2. The summed E-state index contributed by atoms with van der Waals surface area (Å²) >= 11 is 0.730. The number of carbonyl (C=O) groups excluding carboxylic acids is 1. The Morgan fingerprint density at radius 2 is 1.71 bits per heavy atom. The number of hydrogen-bond donors (Lipinski definition) is 1. The van der Waals surface area contributed by atoms with Gasteiger partial charge in [0.2, 0.25) is 10.0 Å². The Labute approximate surface area is 285 Å². The van der Waals surface area contributed by atoms with E-state index in [0.717, 1.165) is 55.2 Å². The average Bonchev–Trinajstić information content (AvgIpc) is 3.38. The first-order valence-electron chi connectivity index (χ1n) is 16.4. The van der Waals surface area contributed by atoms with Gasteiger partial charge in [0.15, 0.2) is 0 Å². The fraction of sp³-hybridized carbons (Fsp3) is 0.486. The van der Waals surface area contributed by atoms with Crippen molar-refractivity contribution >= 4 is 44.8 Å². The predicted molar refractivity (Wildman–Crippen MR) is 182 cm³/mol. The molecule has 3 aromatic rings. The van der Waals surface area contributed by atoms with Gasteiger partial charge in [-0.2, -0.15) is 4.31 Å². The fourth-order valence-electron chi connectivity index (χ4n) is 6.84. The molecule has 6 rings (SSSR count). The number of sulfonamides is 1. The van der Waals surface area contributed by atoms with Gasteiger partial charge in [0.1, 0.15) is 26.9 Å². The van der Waals surface area contributed by atoms with Crippen molar-refractivity contribution in [1.82, 2.24) is 9.21 Å². The lowest BCUT2D eigenvalue weighted by Crippen LogP contribution is -2.53. The third-order valence-corrected chi connectivity index (χ3v) is 12.4. The number of nitrogens with zero attached hydrogens (tertiary/aromatic N) is 3. The zero-order valence-electron chi connectivity index (χ0n) is 27.6. The highest BCUT2D eigenvalue weighted by Crippen LogP contribution is 2.47. The number of amides is 1. The van der Waals surface area contributed by atoms with Crippen LogP contribution in [0.25, 0.3) is 10.4 Å². The number of para-hydroxylation sites is 1. The number of benzene rings is 2. The highest BCUT2D eigenvalue weighted by atomic mass is 32.2. The first kappa shape index (κ1) is 34.2. The molecule has 2 aromatic carbocycles. The zero-order chi connectivity index (χ0) is 34.4. The number of carboxylic acid groups (broad SMARTS) is 1. The minimum absolute atomic E-state index is 0.0189. The molecular weight excluding hydrogens is 658 g/mol. The zero-order valence-corrected chi connectivity index (χ0v) is 29.3. The molecule has 3 aliphatic rings. The second-order valence-electron chi connectivity index (χ2n) is 13.9. The van der Waals surface area contributed by atoms with Crippen LogP contribution in [-0.4, -0.2) is 79.7 Å². The third-order valence-electron chi connectivity index (χ3n) is 9.34. The van der Waals surface area contributed by atoms with Crippen molar-refractivity contribution in [3.05, 3.63) is 59.2 Å². The molecule has 0 unspecified atom stereocenters. The van der Waals surface area contributed by atoms with Crippen LogP contribution in [0.1, 0.15) is 62.5 Å². The number of aromatic carboxylic acids is 1. The van der Waals surface area contributed by atoms with Crippen LogP contribution in [0.4, 0.5) is 20.6 Å². The molecule has 13 heteroatoms. The Balaban J connectivity index is 1.42. The van der Waals surface area contributed by atoms with Gasteiger partial charge in [0.05, 0.1) is 12.3 Å². The minimum atomic E-state index is -4.05. The SMILES string of the molecule is CN1[C@H](C2CCCCC2)CN(c2ccccc2)c2cc(OCC3CN(C(=O)OC(C)(C)C)C3)c(-c3cc(F)c(C(=O)O)s3)cc2S1(=O)=O. The van der Waals surface area contributed by atoms with Gasteiger partial charge < -0.3 is 24.4 Å². The molecule has 1 amide bonds. The third kappa shape index (κ3) is 6.90. The van der Waals surface area contributed by atoms with Crippen LogP contribution in [0.2, 0.25) is 0 Å². The monoisotopic (exact) mass is 699 g/mol. The van der Waals surface area contributed by atoms with E-state index < -0.39 is 38.4 Å². The van der Waals surface area contributed by atoms with E-state index >= 15 is 0 Å². The van der Waals surface area contributed by atoms with E-state index in [1.54, 1.807) is 18.0 Å². The van der Waals surface area contributed by atoms with Crippen LogP contribution in [0.15, 0.2) is 53.4 Å². The van der Waals surface area contributed by atoms with Gasteiger partial charge in [-0.3, -0.25) is 0 Å². The Hall–Kier alpha value is -3.68. The number of hydrogen-bond acceptors (Lipinski definition) is 8. The van der Waals surface area contributed by atoms with Crippen molar-refractivity contribution < 1.29 is 37.0 Å². The topological polar surface area (TPSA) is 117 Å². The molecule has 2 fully saturated rings. The number of halogens is 1. The normalized spacial score (nSPS) is 20.5. The molecule has 1 aromatic heterocycles. The Kier molecular flexibility index (Phi) is 9.49. The van der Waals surface area contributed by atoms with Gasteiger partial charge in [-0.25, -0.2) is 22.4 Å². The van der Waals surface area contributed by atoms with Crippen LogP contribution in [0.5, 0.6) is 5.75 Å². The van der Waals surface area contributed by atoms with Gasteiger partial charge in [0.25, 0.3) is 0 Å². The number of anilines is 2. The van der Waals surface area contributed by atoms with Crippen molar-refractivity contribution in [3.63, 3.8) is 0 Å². The highest BCUT2D eigenvalue weighted by molar-refractivity contribution is 7.89. The molecule has 2 aliphatic heterocycles. The summed E-state index contributed by atoms with van der Waals surface area (Å²) < 4.78 is 57.2. The molecule has 0 bridgehead atoms. The van der Waals surface area contributed by atoms with Crippen LogP contribution >= 0.6 is 11.3 Å². The number of fused-ring (bicyclic) bond motifs is 1. The van der Waals surface area contributed by atoms with E-state index in [1.807, 2.05) is 56.0 Å². The Morgan fingerprint density at radius 1 is 1.02 bits per heavy atom. The number of likely N-dealkylation sites (tertiary alicyclic amines) is 1. The molecule has 1 saturated carbocycles. The van der Waals surface area contributed by atoms with E-state index in [2.05, 4.69) is 0 Å². The van der Waals surface area contributed by atoms with E-state index in [4.69, 9.17) is 9.47 Å². The molecule has 1 saturated heterocycles. The number of likely N-dealkylation sites (N-methyl/N-ethyl adjacent to an activating group) is 1.